The molecule has 156 valence electrons. The smallest absolute Gasteiger partial charge is 0.338 e. The van der Waals surface area contributed by atoms with Gasteiger partial charge in [-0.15, -0.1) is 0 Å². The van der Waals surface area contributed by atoms with Crippen LogP contribution < -0.4 is 11.2 Å². The minimum Gasteiger partial charge on any atom is -0.459 e. The predicted octanol–water partition coefficient (Wildman–Crippen LogP) is 0.334. The first-order valence-corrected chi connectivity index (χ1v) is 10.5. The number of benzene rings is 1. The predicted molar refractivity (Wildman–Crippen MR) is 101 cm³/mol. The van der Waals surface area contributed by atoms with Crippen molar-refractivity contribution < 1.29 is 26.9 Å². The highest BCUT2D eigenvalue weighted by atomic mass is 32.2. The molecule has 0 aliphatic carbocycles. The first kappa shape index (κ1) is 21.0. The van der Waals surface area contributed by atoms with Crippen molar-refractivity contribution in [2.75, 3.05) is 12.9 Å². The number of aromatic amines is 1. The van der Waals surface area contributed by atoms with Crippen LogP contribution in [0.4, 0.5) is 0 Å². The van der Waals surface area contributed by atoms with Gasteiger partial charge in [-0.05, 0) is 19.1 Å². The van der Waals surface area contributed by atoms with Crippen LogP contribution in [0.15, 0.2) is 46.1 Å². The van der Waals surface area contributed by atoms with Gasteiger partial charge < -0.3 is 9.47 Å². The molecule has 1 aliphatic heterocycles. The first-order valence-electron chi connectivity index (χ1n) is 8.72. The molecular formula is C18H20N2O8S. The zero-order valence-electron chi connectivity index (χ0n) is 15.7. The van der Waals surface area contributed by atoms with E-state index in [-0.39, 0.29) is 18.6 Å². The van der Waals surface area contributed by atoms with Crippen LogP contribution in [0.2, 0.25) is 0 Å². The number of carbonyl (C=O) groups excluding carboxylic acids is 1. The number of aromatic nitrogens is 2. The van der Waals surface area contributed by atoms with Crippen molar-refractivity contribution >= 4 is 16.1 Å². The Morgan fingerprint density at radius 2 is 1.97 bits per heavy atom. The molecule has 1 aliphatic rings. The molecule has 1 unspecified atom stereocenters. The number of rotatable bonds is 6. The van der Waals surface area contributed by atoms with Crippen LogP contribution in [0.5, 0.6) is 0 Å². The van der Waals surface area contributed by atoms with Crippen LogP contribution in [0, 0.1) is 6.92 Å². The second kappa shape index (κ2) is 8.31. The lowest BCUT2D eigenvalue weighted by Crippen LogP contribution is -2.33. The summed E-state index contributed by atoms with van der Waals surface area (Å²) in [6.07, 6.45) is -0.582. The number of hydrogen-bond acceptors (Lipinski definition) is 8. The first-order chi connectivity index (χ1) is 13.6. The van der Waals surface area contributed by atoms with Crippen molar-refractivity contribution in [3.8, 4) is 0 Å². The highest BCUT2D eigenvalue weighted by Gasteiger charge is 2.40. The maximum atomic E-state index is 12.1. The highest BCUT2D eigenvalue weighted by Crippen LogP contribution is 2.31. The number of aryl methyl sites for hydroxylation is 1. The fourth-order valence-electron chi connectivity index (χ4n) is 2.96. The van der Waals surface area contributed by atoms with Gasteiger partial charge >= 0.3 is 11.7 Å². The molecule has 1 saturated heterocycles. The highest BCUT2D eigenvalue weighted by molar-refractivity contribution is 7.86. The van der Waals surface area contributed by atoms with Gasteiger partial charge in [-0.1, -0.05) is 18.2 Å². The zero-order valence-corrected chi connectivity index (χ0v) is 16.5. The Kier molecular flexibility index (Phi) is 6.01. The van der Waals surface area contributed by atoms with Gasteiger partial charge in [-0.25, -0.2) is 9.59 Å². The van der Waals surface area contributed by atoms with Crippen LogP contribution in [0.25, 0.3) is 0 Å². The molecule has 3 atom stereocenters. The van der Waals surface area contributed by atoms with Gasteiger partial charge in [-0.2, -0.15) is 8.42 Å². The third kappa shape index (κ3) is 5.19. The van der Waals surface area contributed by atoms with Gasteiger partial charge in [0.15, 0.2) is 0 Å². The molecule has 0 saturated carbocycles. The molecule has 0 bridgehead atoms. The van der Waals surface area contributed by atoms with Gasteiger partial charge in [0.1, 0.15) is 25.0 Å². The second-order valence-corrected chi connectivity index (χ2v) is 8.25. The lowest BCUT2D eigenvalue weighted by atomic mass is 10.2. The summed E-state index contributed by atoms with van der Waals surface area (Å²) in [4.78, 5) is 38.0. The van der Waals surface area contributed by atoms with E-state index in [4.69, 9.17) is 13.7 Å². The number of H-pyrrole nitrogens is 1. The van der Waals surface area contributed by atoms with Crippen LogP contribution in [0.1, 0.15) is 28.6 Å². The Labute approximate surface area is 166 Å². The molecule has 1 aromatic heterocycles. The maximum absolute atomic E-state index is 12.1. The van der Waals surface area contributed by atoms with Crippen LogP contribution >= 0.6 is 0 Å². The zero-order chi connectivity index (χ0) is 21.2. The number of carbonyl (C=O) groups is 1. The summed E-state index contributed by atoms with van der Waals surface area (Å²) < 4.78 is 40.4. The molecule has 11 heteroatoms. The molecule has 0 amide bonds. The molecule has 1 aromatic carbocycles. The Bertz CT molecular complexity index is 1110. The summed E-state index contributed by atoms with van der Waals surface area (Å²) in [5.41, 5.74) is -0.616. The SMILES string of the molecule is Cc1cn([C@H]2CC(OS(C)(=O)=O)[C@@H](COC(=O)c3ccccc3)O2)c(=O)[nH]c1=O. The fraction of sp³-hybridized carbons (Fsp3) is 0.389. The van der Waals surface area contributed by atoms with Crippen molar-refractivity contribution in [3.63, 3.8) is 0 Å². The largest absolute Gasteiger partial charge is 0.459 e. The Hall–Kier alpha value is -2.76. The molecule has 1 N–H and O–H groups in total. The maximum Gasteiger partial charge on any atom is 0.338 e. The van der Waals surface area contributed by atoms with E-state index in [0.29, 0.717) is 5.56 Å². The van der Waals surface area contributed by atoms with Crippen molar-refractivity contribution in [1.29, 1.82) is 0 Å². The summed E-state index contributed by atoms with van der Waals surface area (Å²) in [6, 6.07) is 8.27. The van der Waals surface area contributed by atoms with E-state index in [0.717, 1.165) is 10.8 Å². The number of nitrogens with zero attached hydrogens (tertiary/aromatic N) is 1. The van der Waals surface area contributed by atoms with Crippen LogP contribution in [0.3, 0.4) is 0 Å². The quantitative estimate of drug-likeness (QED) is 0.518. The van der Waals surface area contributed by atoms with Crippen molar-refractivity contribution in [3.05, 3.63) is 68.5 Å². The number of hydrogen-bond donors (Lipinski definition) is 1. The van der Waals surface area contributed by atoms with Gasteiger partial charge in [0.2, 0.25) is 0 Å². The van der Waals surface area contributed by atoms with Gasteiger partial charge in [-0.3, -0.25) is 18.5 Å². The van der Waals surface area contributed by atoms with Gasteiger partial charge in [0, 0.05) is 18.2 Å². The summed E-state index contributed by atoms with van der Waals surface area (Å²) in [5.74, 6) is -0.604. The minimum absolute atomic E-state index is 0.00597. The fourth-order valence-corrected chi connectivity index (χ4v) is 3.61. The molecule has 1 fully saturated rings. The third-order valence-electron chi connectivity index (χ3n) is 4.32. The molecule has 0 radical (unpaired) electrons. The van der Waals surface area contributed by atoms with Crippen molar-refractivity contribution in [2.45, 2.75) is 31.8 Å². The van der Waals surface area contributed by atoms with Crippen LogP contribution in [-0.2, 0) is 23.8 Å². The summed E-state index contributed by atoms with van der Waals surface area (Å²) in [5, 5.41) is 0. The summed E-state index contributed by atoms with van der Waals surface area (Å²) >= 11 is 0. The minimum atomic E-state index is -3.83. The Balaban J connectivity index is 1.79. The van der Waals surface area contributed by atoms with Crippen molar-refractivity contribution in [2.24, 2.45) is 0 Å². The van der Waals surface area contributed by atoms with Gasteiger partial charge in [0.05, 0.1) is 11.8 Å². The molecule has 3 rings (SSSR count). The molecule has 0 spiro atoms. The van der Waals surface area contributed by atoms with E-state index in [1.165, 1.54) is 13.1 Å². The molecule has 10 nitrogen and oxygen atoms in total. The molecular weight excluding hydrogens is 404 g/mol. The number of nitrogens with one attached hydrogen (secondary N) is 1. The Morgan fingerprint density at radius 1 is 1.28 bits per heavy atom. The monoisotopic (exact) mass is 424 g/mol. The van der Waals surface area contributed by atoms with Crippen molar-refractivity contribution in [1.82, 2.24) is 9.55 Å². The van der Waals surface area contributed by atoms with Crippen LogP contribution in [-0.4, -0.2) is 49.0 Å². The van der Waals surface area contributed by atoms with E-state index >= 15 is 0 Å². The summed E-state index contributed by atoms with van der Waals surface area (Å²) in [7, 11) is -3.83. The molecule has 2 heterocycles. The molecule has 2 aromatic rings. The molecule has 29 heavy (non-hydrogen) atoms. The average Bonchev–Trinajstić information content (AvgIpc) is 3.04. The number of esters is 1. The van der Waals surface area contributed by atoms with E-state index in [9.17, 15) is 22.8 Å². The Morgan fingerprint density at radius 3 is 2.62 bits per heavy atom. The third-order valence-corrected chi connectivity index (χ3v) is 4.92. The standard InChI is InChI=1S/C18H20N2O8S/c1-11-9-20(18(23)19-16(11)21)15-8-13(28-29(2,24)25)14(27-15)10-26-17(22)12-6-4-3-5-7-12/h3-7,9,13-15H,8,10H2,1-2H3,(H,19,21,23)/t13?,14-,15-/m1/s1. The normalized spacial score (nSPS) is 21.8. The summed E-state index contributed by atoms with van der Waals surface area (Å²) in [6.45, 7) is 1.24. The average molecular weight is 424 g/mol. The van der Waals surface area contributed by atoms with E-state index < -0.39 is 45.8 Å². The topological polar surface area (TPSA) is 134 Å². The lowest BCUT2D eigenvalue weighted by Gasteiger charge is -2.18. The van der Waals surface area contributed by atoms with E-state index in [1.807, 2.05) is 0 Å². The number of ether oxygens (including phenoxy) is 2. The second-order valence-electron chi connectivity index (χ2n) is 6.65. The van der Waals surface area contributed by atoms with E-state index in [1.54, 1.807) is 30.3 Å². The lowest BCUT2D eigenvalue weighted by molar-refractivity contribution is -0.0491. The van der Waals surface area contributed by atoms with E-state index in [2.05, 4.69) is 4.98 Å². The van der Waals surface area contributed by atoms with Gasteiger partial charge in [0.25, 0.3) is 15.7 Å².